The molecule has 1 aromatic rings. The quantitative estimate of drug-likeness (QED) is 0.831. The molecular formula is C16H27NO2. The highest BCUT2D eigenvalue weighted by Crippen LogP contribution is 2.31. The van der Waals surface area contributed by atoms with Gasteiger partial charge in [-0.3, -0.25) is 0 Å². The summed E-state index contributed by atoms with van der Waals surface area (Å²) in [6, 6.07) is 9.98. The Bertz CT molecular complexity index is 370. The van der Waals surface area contributed by atoms with Crippen molar-refractivity contribution in [3.05, 3.63) is 35.9 Å². The summed E-state index contributed by atoms with van der Waals surface area (Å²) >= 11 is 0. The zero-order valence-corrected chi connectivity index (χ0v) is 12.5. The Morgan fingerprint density at radius 2 is 1.79 bits per heavy atom. The molecule has 0 saturated carbocycles. The summed E-state index contributed by atoms with van der Waals surface area (Å²) in [5.41, 5.74) is 6.44. The van der Waals surface area contributed by atoms with E-state index in [0.29, 0.717) is 19.6 Å². The minimum Gasteiger partial charge on any atom is -0.392 e. The van der Waals surface area contributed by atoms with Gasteiger partial charge in [-0.2, -0.15) is 0 Å². The highest BCUT2D eigenvalue weighted by Gasteiger charge is 2.36. The van der Waals surface area contributed by atoms with Gasteiger partial charge in [-0.05, 0) is 39.7 Å². The molecule has 0 aliphatic rings. The summed E-state index contributed by atoms with van der Waals surface area (Å²) in [7, 11) is 0. The largest absolute Gasteiger partial charge is 0.392 e. The highest BCUT2D eigenvalue weighted by atomic mass is 16.5. The molecule has 0 aromatic heterocycles. The molecular weight excluding hydrogens is 238 g/mol. The Labute approximate surface area is 116 Å². The van der Waals surface area contributed by atoms with Gasteiger partial charge in [-0.1, -0.05) is 30.3 Å². The summed E-state index contributed by atoms with van der Waals surface area (Å²) in [6.07, 6.45) is 0.200. The van der Waals surface area contributed by atoms with Gasteiger partial charge in [0.1, 0.15) is 0 Å². The van der Waals surface area contributed by atoms with Crippen LogP contribution < -0.4 is 5.73 Å². The van der Waals surface area contributed by atoms with Gasteiger partial charge < -0.3 is 15.6 Å². The first-order valence-corrected chi connectivity index (χ1v) is 6.89. The summed E-state index contributed by atoms with van der Waals surface area (Å²) in [6.45, 7) is 8.88. The molecule has 19 heavy (non-hydrogen) atoms. The fourth-order valence-electron chi connectivity index (χ4n) is 2.29. The third-order valence-electron chi connectivity index (χ3n) is 3.60. The molecule has 3 N–H and O–H groups in total. The molecule has 0 radical (unpaired) electrons. The van der Waals surface area contributed by atoms with Gasteiger partial charge in [-0.15, -0.1) is 0 Å². The van der Waals surface area contributed by atoms with E-state index in [9.17, 15) is 5.11 Å². The standard InChI is InChI=1S/C16H27NO2/c1-13(18)16(12-17,10-11-19-15(2,3)4)14-8-6-5-7-9-14/h5-9,13,18H,10-12,17H2,1-4H3. The molecule has 0 aliphatic carbocycles. The number of rotatable bonds is 6. The van der Waals surface area contributed by atoms with Crippen LogP contribution in [0.5, 0.6) is 0 Å². The van der Waals surface area contributed by atoms with Crippen LogP contribution in [0, 0.1) is 0 Å². The smallest absolute Gasteiger partial charge is 0.0621 e. The van der Waals surface area contributed by atoms with Crippen molar-refractivity contribution in [3.63, 3.8) is 0 Å². The minimum atomic E-state index is -0.511. The first kappa shape index (κ1) is 16.2. The lowest BCUT2D eigenvalue weighted by atomic mass is 9.73. The van der Waals surface area contributed by atoms with Crippen molar-refractivity contribution in [2.45, 2.75) is 51.2 Å². The third kappa shape index (κ3) is 4.30. The predicted molar refractivity (Wildman–Crippen MR) is 79.2 cm³/mol. The van der Waals surface area contributed by atoms with Crippen molar-refractivity contribution in [3.8, 4) is 0 Å². The van der Waals surface area contributed by atoms with Crippen LogP contribution in [0.15, 0.2) is 30.3 Å². The van der Waals surface area contributed by atoms with Gasteiger partial charge in [-0.25, -0.2) is 0 Å². The van der Waals surface area contributed by atoms with E-state index in [1.165, 1.54) is 0 Å². The monoisotopic (exact) mass is 265 g/mol. The average Bonchev–Trinajstić information content (AvgIpc) is 2.34. The molecule has 3 nitrogen and oxygen atoms in total. The molecule has 0 aliphatic heterocycles. The molecule has 0 spiro atoms. The van der Waals surface area contributed by atoms with Crippen LogP contribution >= 0.6 is 0 Å². The van der Waals surface area contributed by atoms with Gasteiger partial charge >= 0.3 is 0 Å². The molecule has 0 bridgehead atoms. The Morgan fingerprint density at radius 3 is 2.21 bits per heavy atom. The lowest BCUT2D eigenvalue weighted by molar-refractivity contribution is -0.0228. The molecule has 0 amide bonds. The van der Waals surface area contributed by atoms with Crippen molar-refractivity contribution >= 4 is 0 Å². The van der Waals surface area contributed by atoms with Gasteiger partial charge in [0.15, 0.2) is 0 Å². The molecule has 2 atom stereocenters. The highest BCUT2D eigenvalue weighted by molar-refractivity contribution is 5.27. The number of ether oxygens (including phenoxy) is 1. The number of benzene rings is 1. The van der Waals surface area contributed by atoms with Crippen LogP contribution in [0.3, 0.4) is 0 Å². The summed E-state index contributed by atoms with van der Waals surface area (Å²) in [5.74, 6) is 0. The fraction of sp³-hybridized carbons (Fsp3) is 0.625. The maximum absolute atomic E-state index is 10.2. The van der Waals surface area contributed by atoms with Crippen LogP contribution in [-0.2, 0) is 10.2 Å². The normalized spacial score (nSPS) is 16.9. The zero-order valence-electron chi connectivity index (χ0n) is 12.5. The lowest BCUT2D eigenvalue weighted by Crippen LogP contribution is -2.45. The Morgan fingerprint density at radius 1 is 1.21 bits per heavy atom. The van der Waals surface area contributed by atoms with Crippen LogP contribution in [-0.4, -0.2) is 30.0 Å². The Hall–Kier alpha value is -0.900. The first-order valence-electron chi connectivity index (χ1n) is 6.89. The fourth-order valence-corrected chi connectivity index (χ4v) is 2.29. The van der Waals surface area contributed by atoms with E-state index in [1.54, 1.807) is 6.92 Å². The van der Waals surface area contributed by atoms with Crippen molar-refractivity contribution in [2.24, 2.45) is 5.73 Å². The molecule has 0 fully saturated rings. The minimum absolute atomic E-state index is 0.171. The number of nitrogens with two attached hydrogens (primary N) is 1. The van der Waals surface area contributed by atoms with Gasteiger partial charge in [0.2, 0.25) is 0 Å². The number of aliphatic hydroxyl groups is 1. The molecule has 108 valence electrons. The van der Waals surface area contributed by atoms with Crippen LogP contribution in [0.1, 0.15) is 39.7 Å². The third-order valence-corrected chi connectivity index (χ3v) is 3.60. The average molecular weight is 265 g/mol. The maximum atomic E-state index is 10.2. The van der Waals surface area contributed by atoms with Crippen molar-refractivity contribution in [1.29, 1.82) is 0 Å². The van der Waals surface area contributed by atoms with Crippen molar-refractivity contribution < 1.29 is 9.84 Å². The van der Waals surface area contributed by atoms with Gasteiger partial charge in [0.05, 0.1) is 11.7 Å². The van der Waals surface area contributed by atoms with E-state index in [-0.39, 0.29) is 5.60 Å². The van der Waals surface area contributed by atoms with E-state index in [0.717, 1.165) is 5.56 Å². The van der Waals surface area contributed by atoms with Crippen LogP contribution in [0.25, 0.3) is 0 Å². The number of hydrogen-bond donors (Lipinski definition) is 2. The predicted octanol–water partition coefficient (Wildman–Crippen LogP) is 2.47. The van der Waals surface area contributed by atoms with E-state index < -0.39 is 11.5 Å². The summed E-state index contributed by atoms with van der Waals surface area (Å²) in [4.78, 5) is 0. The summed E-state index contributed by atoms with van der Waals surface area (Å²) in [5, 5.41) is 10.2. The van der Waals surface area contributed by atoms with Gasteiger partial charge in [0, 0.05) is 18.6 Å². The van der Waals surface area contributed by atoms with Crippen molar-refractivity contribution in [1.82, 2.24) is 0 Å². The first-order chi connectivity index (χ1) is 8.82. The van der Waals surface area contributed by atoms with Crippen molar-refractivity contribution in [2.75, 3.05) is 13.2 Å². The zero-order chi connectivity index (χ0) is 14.5. The molecule has 0 heterocycles. The van der Waals surface area contributed by atoms with E-state index in [1.807, 2.05) is 51.1 Å². The van der Waals surface area contributed by atoms with Gasteiger partial charge in [0.25, 0.3) is 0 Å². The number of hydrogen-bond acceptors (Lipinski definition) is 3. The molecule has 1 rings (SSSR count). The molecule has 3 heteroatoms. The van der Waals surface area contributed by atoms with Crippen LogP contribution in [0.2, 0.25) is 0 Å². The van der Waals surface area contributed by atoms with Crippen LogP contribution in [0.4, 0.5) is 0 Å². The maximum Gasteiger partial charge on any atom is 0.0621 e. The molecule has 1 aromatic carbocycles. The summed E-state index contributed by atoms with van der Waals surface area (Å²) < 4.78 is 5.79. The Balaban J connectivity index is 2.88. The molecule has 2 unspecified atom stereocenters. The van der Waals surface area contributed by atoms with E-state index in [2.05, 4.69) is 0 Å². The van der Waals surface area contributed by atoms with E-state index >= 15 is 0 Å². The lowest BCUT2D eigenvalue weighted by Gasteiger charge is -2.37. The second-order valence-electron chi connectivity index (χ2n) is 6.11. The SMILES string of the molecule is CC(O)C(CN)(CCOC(C)(C)C)c1ccccc1. The topological polar surface area (TPSA) is 55.5 Å². The second-order valence-corrected chi connectivity index (χ2v) is 6.11. The molecule has 0 saturated heterocycles. The Kier molecular flexibility index (Phi) is 5.53. The second kappa shape index (κ2) is 6.51. The number of aliphatic hydroxyl groups excluding tert-OH is 1. The van der Waals surface area contributed by atoms with E-state index in [4.69, 9.17) is 10.5 Å².